The van der Waals surface area contributed by atoms with Gasteiger partial charge in [-0.1, -0.05) is 0 Å². The Labute approximate surface area is 119 Å². The fourth-order valence-electron chi connectivity index (χ4n) is 3.29. The van der Waals surface area contributed by atoms with E-state index in [0.717, 1.165) is 31.5 Å². The third kappa shape index (κ3) is 2.77. The number of nitrogens with zero attached hydrogens (tertiary/aromatic N) is 2. The van der Waals surface area contributed by atoms with Gasteiger partial charge in [-0.2, -0.15) is 5.10 Å². The van der Waals surface area contributed by atoms with Crippen molar-refractivity contribution < 1.29 is 4.79 Å². The minimum atomic E-state index is 0. The lowest BCUT2D eigenvalue weighted by Gasteiger charge is -2.23. The predicted octanol–water partition coefficient (Wildman–Crippen LogP) is 0.830. The highest BCUT2D eigenvalue weighted by Gasteiger charge is 2.46. The SMILES string of the molecule is CN(CCc1cn[nH]c1)C(=O)[C@@H]1[C@H]2CC[C@@H]1NC2.Cl. The van der Waals surface area contributed by atoms with Gasteiger partial charge in [-0.15, -0.1) is 12.4 Å². The second-order valence-corrected chi connectivity index (χ2v) is 5.49. The van der Waals surface area contributed by atoms with E-state index >= 15 is 0 Å². The standard InChI is InChI=1S/C13H20N4O.ClH/c1-17(5-4-9-6-15-16-7-9)13(18)12-10-2-3-11(12)14-8-10;/h6-7,10-12,14H,2-5,8H2,1H3,(H,15,16);1H/t10-,11-,12+;/m0./s1. The van der Waals surface area contributed by atoms with Crippen molar-refractivity contribution in [2.45, 2.75) is 25.3 Å². The molecule has 1 aliphatic carbocycles. The van der Waals surface area contributed by atoms with Crippen LogP contribution in [0.15, 0.2) is 12.4 Å². The number of halogens is 1. The Kier molecular flexibility index (Phi) is 4.47. The molecule has 0 radical (unpaired) electrons. The van der Waals surface area contributed by atoms with Gasteiger partial charge in [-0.3, -0.25) is 9.89 Å². The Morgan fingerprint density at radius 1 is 1.53 bits per heavy atom. The Morgan fingerprint density at radius 2 is 2.37 bits per heavy atom. The molecule has 106 valence electrons. The topological polar surface area (TPSA) is 61.0 Å². The molecule has 2 bridgehead atoms. The van der Waals surface area contributed by atoms with Crippen LogP contribution in [0, 0.1) is 11.8 Å². The van der Waals surface area contributed by atoms with Crippen LogP contribution in [0.4, 0.5) is 0 Å². The number of hydrogen-bond acceptors (Lipinski definition) is 3. The van der Waals surface area contributed by atoms with E-state index in [1.807, 2.05) is 24.3 Å². The largest absolute Gasteiger partial charge is 0.345 e. The molecule has 1 saturated carbocycles. The van der Waals surface area contributed by atoms with Crippen LogP contribution in [-0.4, -0.2) is 47.2 Å². The minimum Gasteiger partial charge on any atom is -0.345 e. The summed E-state index contributed by atoms with van der Waals surface area (Å²) in [5.74, 6) is 1.11. The molecule has 3 rings (SSSR count). The summed E-state index contributed by atoms with van der Waals surface area (Å²) < 4.78 is 0. The molecule has 2 fully saturated rings. The van der Waals surface area contributed by atoms with Crippen LogP contribution >= 0.6 is 12.4 Å². The maximum absolute atomic E-state index is 12.4. The molecule has 0 aromatic carbocycles. The first-order valence-electron chi connectivity index (χ1n) is 6.71. The van der Waals surface area contributed by atoms with Crippen molar-refractivity contribution in [1.82, 2.24) is 20.4 Å². The van der Waals surface area contributed by atoms with Gasteiger partial charge in [0.1, 0.15) is 0 Å². The molecule has 1 saturated heterocycles. The number of aromatic amines is 1. The summed E-state index contributed by atoms with van der Waals surface area (Å²) in [5, 5.41) is 10.2. The van der Waals surface area contributed by atoms with E-state index in [1.54, 1.807) is 0 Å². The number of H-pyrrole nitrogens is 1. The molecule has 3 atom stereocenters. The number of carbonyl (C=O) groups excluding carboxylic acids is 1. The van der Waals surface area contributed by atoms with Crippen molar-refractivity contribution in [1.29, 1.82) is 0 Å². The van der Waals surface area contributed by atoms with Crippen molar-refractivity contribution in [2.24, 2.45) is 11.8 Å². The van der Waals surface area contributed by atoms with Gasteiger partial charge in [0, 0.05) is 25.8 Å². The third-order valence-electron chi connectivity index (χ3n) is 4.38. The number of amides is 1. The monoisotopic (exact) mass is 284 g/mol. The van der Waals surface area contributed by atoms with E-state index in [4.69, 9.17) is 0 Å². The quantitative estimate of drug-likeness (QED) is 0.861. The van der Waals surface area contributed by atoms with E-state index in [1.165, 1.54) is 6.42 Å². The van der Waals surface area contributed by atoms with Gasteiger partial charge in [0.25, 0.3) is 0 Å². The number of fused-ring (bicyclic) bond motifs is 2. The van der Waals surface area contributed by atoms with Gasteiger partial charge in [-0.25, -0.2) is 0 Å². The number of carbonyl (C=O) groups is 1. The summed E-state index contributed by atoms with van der Waals surface area (Å²) in [5.41, 5.74) is 1.15. The number of rotatable bonds is 4. The average Bonchev–Trinajstić information content (AvgIpc) is 3.11. The Morgan fingerprint density at radius 3 is 2.89 bits per heavy atom. The van der Waals surface area contributed by atoms with Gasteiger partial charge in [0.15, 0.2) is 0 Å². The lowest BCUT2D eigenvalue weighted by atomic mass is 9.96. The van der Waals surface area contributed by atoms with Crippen molar-refractivity contribution in [3.8, 4) is 0 Å². The first-order chi connectivity index (χ1) is 8.75. The first-order valence-corrected chi connectivity index (χ1v) is 6.71. The van der Waals surface area contributed by atoms with Crippen molar-refractivity contribution in [3.05, 3.63) is 18.0 Å². The highest BCUT2D eigenvalue weighted by molar-refractivity contribution is 5.85. The summed E-state index contributed by atoms with van der Waals surface area (Å²) in [6.45, 7) is 1.80. The molecule has 1 aliphatic heterocycles. The highest BCUT2D eigenvalue weighted by Crippen LogP contribution is 2.37. The van der Waals surface area contributed by atoms with Crippen LogP contribution in [0.1, 0.15) is 18.4 Å². The fraction of sp³-hybridized carbons (Fsp3) is 0.692. The molecule has 1 aromatic rings. The molecule has 0 unspecified atom stereocenters. The van der Waals surface area contributed by atoms with Gasteiger partial charge < -0.3 is 10.2 Å². The Hall–Kier alpha value is -1.07. The van der Waals surface area contributed by atoms with E-state index in [2.05, 4.69) is 15.5 Å². The van der Waals surface area contributed by atoms with Crippen molar-refractivity contribution in [2.75, 3.05) is 20.1 Å². The van der Waals surface area contributed by atoms with E-state index in [9.17, 15) is 4.79 Å². The zero-order chi connectivity index (χ0) is 12.5. The predicted molar refractivity (Wildman–Crippen MR) is 75.2 cm³/mol. The summed E-state index contributed by atoms with van der Waals surface area (Å²) in [6, 6.07) is 0.430. The molecular formula is C13H21ClN4O. The van der Waals surface area contributed by atoms with Crippen LogP contribution in [0.2, 0.25) is 0 Å². The molecule has 5 nitrogen and oxygen atoms in total. The lowest BCUT2D eigenvalue weighted by molar-refractivity contribution is -0.134. The zero-order valence-electron chi connectivity index (χ0n) is 11.1. The molecule has 1 amide bonds. The third-order valence-corrected chi connectivity index (χ3v) is 4.38. The van der Waals surface area contributed by atoms with E-state index in [0.29, 0.717) is 17.9 Å². The molecule has 2 N–H and O–H groups in total. The molecule has 0 spiro atoms. The van der Waals surface area contributed by atoms with Crippen LogP contribution in [0.5, 0.6) is 0 Å². The van der Waals surface area contributed by atoms with Gasteiger partial charge in [0.2, 0.25) is 5.91 Å². The maximum Gasteiger partial charge on any atom is 0.227 e. The first kappa shape index (κ1) is 14.3. The maximum atomic E-state index is 12.4. The Balaban J connectivity index is 0.00000133. The van der Waals surface area contributed by atoms with Gasteiger partial charge >= 0.3 is 0 Å². The number of likely N-dealkylation sites (N-methyl/N-ethyl adjacent to an activating group) is 1. The second kappa shape index (κ2) is 5.92. The van der Waals surface area contributed by atoms with Gasteiger partial charge in [-0.05, 0) is 37.3 Å². The number of hydrogen-bond donors (Lipinski definition) is 2. The van der Waals surface area contributed by atoms with Crippen LogP contribution < -0.4 is 5.32 Å². The molecule has 2 heterocycles. The van der Waals surface area contributed by atoms with Crippen LogP contribution in [0.3, 0.4) is 0 Å². The second-order valence-electron chi connectivity index (χ2n) is 5.49. The fourth-order valence-corrected chi connectivity index (χ4v) is 3.29. The van der Waals surface area contributed by atoms with Crippen molar-refractivity contribution in [3.63, 3.8) is 0 Å². The van der Waals surface area contributed by atoms with Gasteiger partial charge in [0.05, 0.1) is 12.1 Å². The van der Waals surface area contributed by atoms with E-state index in [-0.39, 0.29) is 18.3 Å². The minimum absolute atomic E-state index is 0. The molecule has 6 heteroatoms. The molecule has 19 heavy (non-hydrogen) atoms. The summed E-state index contributed by atoms with van der Waals surface area (Å²) >= 11 is 0. The van der Waals surface area contributed by atoms with Crippen LogP contribution in [0.25, 0.3) is 0 Å². The van der Waals surface area contributed by atoms with E-state index < -0.39 is 0 Å². The highest BCUT2D eigenvalue weighted by atomic mass is 35.5. The molecule has 2 aliphatic rings. The van der Waals surface area contributed by atoms with Crippen molar-refractivity contribution >= 4 is 18.3 Å². The summed E-state index contributed by atoms with van der Waals surface area (Å²) in [6.07, 6.45) is 6.95. The molecule has 1 aromatic heterocycles. The number of piperidine rings is 1. The number of aromatic nitrogens is 2. The van der Waals surface area contributed by atoms with Crippen LogP contribution in [-0.2, 0) is 11.2 Å². The lowest BCUT2D eigenvalue weighted by Crippen LogP contribution is -2.39. The zero-order valence-corrected chi connectivity index (χ0v) is 11.9. The summed E-state index contributed by atoms with van der Waals surface area (Å²) in [4.78, 5) is 14.3. The smallest absolute Gasteiger partial charge is 0.227 e. The molecular weight excluding hydrogens is 264 g/mol. The normalized spacial score (nSPS) is 28.2. The Bertz CT molecular complexity index is 402. The number of nitrogens with one attached hydrogen (secondary N) is 2. The average molecular weight is 285 g/mol. The summed E-state index contributed by atoms with van der Waals surface area (Å²) in [7, 11) is 1.92.